The normalized spacial score (nSPS) is 15.8. The quantitative estimate of drug-likeness (QED) is 0.0913. The highest BCUT2D eigenvalue weighted by molar-refractivity contribution is 7.80. The number of hydrogen-bond acceptors (Lipinski definition) is 4. The second-order valence-corrected chi connectivity index (χ2v) is 10.3. The van der Waals surface area contributed by atoms with Gasteiger partial charge >= 0.3 is 0 Å². The van der Waals surface area contributed by atoms with E-state index < -0.39 is 0 Å². The summed E-state index contributed by atoms with van der Waals surface area (Å²) in [5, 5.41) is 2.21. The topological polar surface area (TPSA) is 52.5 Å². The molecule has 1 aromatic heterocycles. The van der Waals surface area contributed by atoms with Gasteiger partial charge in [-0.3, -0.25) is 20.8 Å². The van der Waals surface area contributed by atoms with E-state index in [0.29, 0.717) is 10.9 Å². The molecule has 1 heterocycles. The molecule has 0 amide bonds. The summed E-state index contributed by atoms with van der Waals surface area (Å²) in [5.74, 6) is 0.391. The van der Waals surface area contributed by atoms with E-state index in [9.17, 15) is 0 Å². The van der Waals surface area contributed by atoms with Crippen molar-refractivity contribution in [3.63, 3.8) is 0 Å². The van der Waals surface area contributed by atoms with Gasteiger partial charge in [-0.05, 0) is 69.5 Å². The maximum absolute atomic E-state index is 5.62. The molecule has 2 unspecified atom stereocenters. The predicted molar refractivity (Wildman–Crippen MR) is 168 cm³/mol. The van der Waals surface area contributed by atoms with E-state index in [1.54, 1.807) is 18.1 Å². The fourth-order valence-electron chi connectivity index (χ4n) is 4.71. The maximum atomic E-state index is 5.62. The predicted octanol–water partition coefficient (Wildman–Crippen LogP) is 6.94. The van der Waals surface area contributed by atoms with Gasteiger partial charge in [0, 0.05) is 36.4 Å². The maximum Gasteiger partial charge on any atom is 0.125 e. The highest BCUT2D eigenvalue weighted by Crippen LogP contribution is 2.21. The Morgan fingerprint density at radius 2 is 2.11 bits per heavy atom. The molecule has 0 fully saturated rings. The standard InChI is InChI=1S/C32H43N5S/c1-5-11-26(6-2)20-25(4)31(23-37(7-3)19-17-27-12-9-8-10-13-27)34-24-35-36-32(38)29-14-15-30-22-33-18-16-28(30)21-29/h5-6,8-9,11-12,14-16,18,21-22,24-25,31H,7,10,13,17,19-20,23H2,1-4H3,(H,34,35)(H,36,38)/b11-5-,26-6+. The lowest BCUT2D eigenvalue weighted by molar-refractivity contribution is 0.246. The van der Waals surface area contributed by atoms with Gasteiger partial charge < -0.3 is 4.90 Å². The van der Waals surface area contributed by atoms with Crippen molar-refractivity contribution in [2.45, 2.75) is 59.4 Å². The molecular weight excluding hydrogens is 486 g/mol. The monoisotopic (exact) mass is 529 g/mol. The molecule has 0 saturated carbocycles. The van der Waals surface area contributed by atoms with Crippen molar-refractivity contribution in [1.29, 1.82) is 0 Å². The van der Waals surface area contributed by atoms with Crippen molar-refractivity contribution in [2.24, 2.45) is 10.9 Å². The van der Waals surface area contributed by atoms with Gasteiger partial charge in [-0.1, -0.05) is 85.8 Å². The highest BCUT2D eigenvalue weighted by Gasteiger charge is 2.20. The molecule has 2 atom stereocenters. The minimum atomic E-state index is 0.159. The second-order valence-electron chi connectivity index (χ2n) is 9.86. The fraction of sp³-hybridized carbons (Fsp3) is 0.406. The number of thiocarbonyl (C=S) groups is 1. The molecule has 1 aliphatic rings. The van der Waals surface area contributed by atoms with Gasteiger partial charge in [0.1, 0.15) is 11.3 Å². The van der Waals surface area contributed by atoms with Crippen LogP contribution < -0.4 is 10.9 Å². The first-order valence-electron chi connectivity index (χ1n) is 13.8. The number of hydrazine groups is 1. The summed E-state index contributed by atoms with van der Waals surface area (Å²) in [4.78, 5) is 12.3. The van der Waals surface area contributed by atoms with Gasteiger partial charge in [-0.25, -0.2) is 0 Å². The number of allylic oxidation sites excluding steroid dienone is 7. The third kappa shape index (κ3) is 9.34. The van der Waals surface area contributed by atoms with Crippen LogP contribution in [0.1, 0.15) is 58.9 Å². The Morgan fingerprint density at radius 3 is 2.84 bits per heavy atom. The summed E-state index contributed by atoms with van der Waals surface area (Å²) in [7, 11) is 0. The number of nitrogens with zero attached hydrogens (tertiary/aromatic N) is 3. The number of aliphatic imine (C=N–C) groups is 1. The van der Waals surface area contributed by atoms with Gasteiger partial charge in [0.2, 0.25) is 0 Å². The van der Waals surface area contributed by atoms with Crippen molar-refractivity contribution in [3.8, 4) is 0 Å². The van der Waals surface area contributed by atoms with Crippen molar-refractivity contribution < 1.29 is 0 Å². The van der Waals surface area contributed by atoms with E-state index in [2.05, 4.69) is 91.0 Å². The van der Waals surface area contributed by atoms with Crippen molar-refractivity contribution in [3.05, 3.63) is 89.8 Å². The van der Waals surface area contributed by atoms with Crippen LogP contribution in [0.5, 0.6) is 0 Å². The zero-order chi connectivity index (χ0) is 27.2. The van der Waals surface area contributed by atoms with Crippen LogP contribution in [0.3, 0.4) is 0 Å². The molecule has 2 N–H and O–H groups in total. The summed E-state index contributed by atoms with van der Waals surface area (Å²) in [5.41, 5.74) is 10.1. The van der Waals surface area contributed by atoms with Gasteiger partial charge in [0.15, 0.2) is 0 Å². The van der Waals surface area contributed by atoms with Crippen molar-refractivity contribution >= 4 is 34.3 Å². The Hall–Kier alpha value is -3.09. The van der Waals surface area contributed by atoms with Crippen LogP contribution >= 0.6 is 12.2 Å². The molecule has 1 aliphatic carbocycles. The van der Waals surface area contributed by atoms with E-state index in [4.69, 9.17) is 17.2 Å². The molecule has 38 heavy (non-hydrogen) atoms. The van der Waals surface area contributed by atoms with Gasteiger partial charge in [-0.2, -0.15) is 0 Å². The number of pyridine rings is 1. The molecular formula is C32H43N5S. The molecule has 6 heteroatoms. The van der Waals surface area contributed by atoms with Crippen LogP contribution in [0, 0.1) is 5.92 Å². The van der Waals surface area contributed by atoms with E-state index in [1.165, 1.54) is 12.0 Å². The number of nitrogens with one attached hydrogen (secondary N) is 2. The number of hydrogen-bond donors (Lipinski definition) is 2. The first-order valence-corrected chi connectivity index (χ1v) is 14.2. The van der Waals surface area contributed by atoms with Gasteiger partial charge in [0.25, 0.3) is 0 Å². The van der Waals surface area contributed by atoms with E-state index >= 15 is 0 Å². The molecule has 5 nitrogen and oxygen atoms in total. The van der Waals surface area contributed by atoms with E-state index in [-0.39, 0.29) is 6.04 Å². The Balaban J connectivity index is 1.63. The molecule has 202 valence electrons. The minimum absolute atomic E-state index is 0.159. The molecule has 0 radical (unpaired) electrons. The summed E-state index contributed by atoms with van der Waals surface area (Å²) >= 11 is 5.62. The number of aromatic nitrogens is 1. The number of benzene rings is 1. The largest absolute Gasteiger partial charge is 0.301 e. The fourth-order valence-corrected chi connectivity index (χ4v) is 4.90. The SMILES string of the molecule is C/C=C\C(=C/C)CC(C)C(CN(CC)CCC1=CC=CCC1)N=CNNC(=S)c1ccc2cnccc2c1. The molecule has 1 aromatic carbocycles. The smallest absolute Gasteiger partial charge is 0.125 e. The average Bonchev–Trinajstić information content (AvgIpc) is 2.96. The van der Waals surface area contributed by atoms with Crippen LogP contribution in [0.4, 0.5) is 0 Å². The third-order valence-corrected chi connectivity index (χ3v) is 7.46. The summed E-state index contributed by atoms with van der Waals surface area (Å²) < 4.78 is 0. The average molecular weight is 530 g/mol. The van der Waals surface area contributed by atoms with Gasteiger partial charge in [-0.15, -0.1) is 0 Å². The lowest BCUT2D eigenvalue weighted by Gasteiger charge is -2.28. The van der Waals surface area contributed by atoms with Gasteiger partial charge in [0.05, 0.1) is 6.04 Å². The molecule has 2 aromatic rings. The van der Waals surface area contributed by atoms with Crippen LogP contribution in [0.2, 0.25) is 0 Å². The lowest BCUT2D eigenvalue weighted by atomic mass is 9.93. The zero-order valence-electron chi connectivity index (χ0n) is 23.4. The molecule has 0 aliphatic heterocycles. The first-order chi connectivity index (χ1) is 18.5. The number of fused-ring (bicyclic) bond motifs is 1. The zero-order valence-corrected chi connectivity index (χ0v) is 24.2. The highest BCUT2D eigenvalue weighted by atomic mass is 32.1. The summed E-state index contributed by atoms with van der Waals surface area (Å²) in [6.07, 6.45) is 23.1. The number of likely N-dealkylation sites (N-methyl/N-ethyl adjacent to an activating group) is 1. The Kier molecular flexibility index (Phi) is 12.4. The van der Waals surface area contributed by atoms with Crippen LogP contribution in [0.15, 0.2) is 89.3 Å². The second kappa shape index (κ2) is 16.0. The summed E-state index contributed by atoms with van der Waals surface area (Å²) in [6, 6.07) is 8.29. The molecule has 0 saturated heterocycles. The lowest BCUT2D eigenvalue weighted by Crippen LogP contribution is -2.39. The third-order valence-electron chi connectivity index (χ3n) is 7.13. The van der Waals surface area contributed by atoms with Crippen LogP contribution in [0.25, 0.3) is 10.8 Å². The Labute approximate surface area is 234 Å². The van der Waals surface area contributed by atoms with Crippen LogP contribution in [-0.2, 0) is 0 Å². The number of rotatable bonds is 14. The van der Waals surface area contributed by atoms with Crippen molar-refractivity contribution in [1.82, 2.24) is 20.7 Å². The Morgan fingerprint density at radius 1 is 1.24 bits per heavy atom. The van der Waals surface area contributed by atoms with Crippen molar-refractivity contribution in [2.75, 3.05) is 19.6 Å². The van der Waals surface area contributed by atoms with Crippen LogP contribution in [-0.4, -0.2) is 46.9 Å². The first kappa shape index (κ1) is 29.5. The van der Waals surface area contributed by atoms with E-state index in [0.717, 1.165) is 55.2 Å². The summed E-state index contributed by atoms with van der Waals surface area (Å²) in [6.45, 7) is 11.7. The Bertz CT molecular complexity index is 1190. The molecule has 3 rings (SSSR count). The molecule has 0 bridgehead atoms. The molecule has 0 spiro atoms. The minimum Gasteiger partial charge on any atom is -0.301 e. The van der Waals surface area contributed by atoms with E-state index in [1.807, 2.05) is 24.4 Å².